The van der Waals surface area contributed by atoms with Crippen LogP contribution in [0.2, 0.25) is 0 Å². The van der Waals surface area contributed by atoms with Gasteiger partial charge in [-0.1, -0.05) is 13.8 Å². The number of aromatic nitrogens is 4. The number of hydrazine groups is 1. The average Bonchev–Trinajstić information content (AvgIpc) is 2.45. The van der Waals surface area contributed by atoms with Crippen LogP contribution < -0.4 is 16.6 Å². The second-order valence-corrected chi connectivity index (χ2v) is 4.74. The Morgan fingerprint density at radius 2 is 1.95 bits per heavy atom. The van der Waals surface area contributed by atoms with Gasteiger partial charge >= 0.3 is 0 Å². The molecule has 0 bridgehead atoms. The largest absolute Gasteiger partial charge is 0.364 e. The van der Waals surface area contributed by atoms with Gasteiger partial charge in [-0.25, -0.2) is 25.8 Å². The number of rotatable bonds is 5. The summed E-state index contributed by atoms with van der Waals surface area (Å²) in [5, 5.41) is 3.22. The summed E-state index contributed by atoms with van der Waals surface area (Å²) >= 11 is 0. The van der Waals surface area contributed by atoms with Gasteiger partial charge in [-0.3, -0.25) is 0 Å². The maximum atomic E-state index is 5.43. The Morgan fingerprint density at radius 3 is 2.60 bits per heavy atom. The van der Waals surface area contributed by atoms with Crippen LogP contribution in [0.3, 0.4) is 0 Å². The third-order valence-corrected chi connectivity index (χ3v) is 2.69. The molecule has 2 rings (SSSR count). The van der Waals surface area contributed by atoms with E-state index in [1.54, 1.807) is 12.3 Å². The zero-order chi connectivity index (χ0) is 14.5. The molecule has 4 N–H and O–H groups in total. The minimum Gasteiger partial charge on any atom is -0.364 e. The maximum Gasteiger partial charge on any atom is 0.145 e. The van der Waals surface area contributed by atoms with E-state index in [9.17, 15) is 0 Å². The van der Waals surface area contributed by atoms with Crippen molar-refractivity contribution in [2.75, 3.05) is 10.7 Å². The first kappa shape index (κ1) is 14.1. The SMILES string of the molecule is Cc1nccc(CNc2cc(NN)nc(C(C)C)n2)n1. The fourth-order valence-electron chi connectivity index (χ4n) is 1.67. The van der Waals surface area contributed by atoms with Crippen molar-refractivity contribution in [3.8, 4) is 0 Å². The summed E-state index contributed by atoms with van der Waals surface area (Å²) in [6.07, 6.45) is 1.74. The standard InChI is InChI=1S/C13H19N7/c1-8(2)13-18-11(6-12(19-13)20-14)16-7-10-4-5-15-9(3)17-10/h4-6,8H,7,14H2,1-3H3,(H2,16,18,19,20). The molecule has 0 aliphatic carbocycles. The Morgan fingerprint density at radius 1 is 1.20 bits per heavy atom. The molecule has 2 aromatic rings. The van der Waals surface area contributed by atoms with Gasteiger partial charge in [-0.2, -0.15) is 0 Å². The molecule has 0 saturated heterocycles. The summed E-state index contributed by atoms with van der Waals surface area (Å²) in [4.78, 5) is 17.2. The van der Waals surface area contributed by atoms with Crippen molar-refractivity contribution in [3.63, 3.8) is 0 Å². The first-order valence-electron chi connectivity index (χ1n) is 6.46. The summed E-state index contributed by atoms with van der Waals surface area (Å²) in [5.74, 6) is 8.44. The van der Waals surface area contributed by atoms with Gasteiger partial charge < -0.3 is 10.7 Å². The third kappa shape index (κ3) is 3.61. The molecule has 0 radical (unpaired) electrons. The van der Waals surface area contributed by atoms with Crippen LogP contribution in [0.1, 0.15) is 37.1 Å². The smallest absolute Gasteiger partial charge is 0.145 e. The molecule has 0 amide bonds. The van der Waals surface area contributed by atoms with Crippen molar-refractivity contribution in [2.45, 2.75) is 33.2 Å². The van der Waals surface area contributed by atoms with Crippen molar-refractivity contribution < 1.29 is 0 Å². The van der Waals surface area contributed by atoms with E-state index in [2.05, 4.69) is 30.7 Å². The molecule has 0 spiro atoms. The Hall–Kier alpha value is -2.28. The van der Waals surface area contributed by atoms with E-state index in [0.29, 0.717) is 18.2 Å². The van der Waals surface area contributed by atoms with Crippen molar-refractivity contribution in [2.24, 2.45) is 5.84 Å². The molecular formula is C13H19N7. The summed E-state index contributed by atoms with van der Waals surface area (Å²) in [6, 6.07) is 3.63. The molecule has 0 fully saturated rings. The molecule has 20 heavy (non-hydrogen) atoms. The lowest BCUT2D eigenvalue weighted by Gasteiger charge is -2.11. The van der Waals surface area contributed by atoms with Crippen LogP contribution in [-0.4, -0.2) is 19.9 Å². The van der Waals surface area contributed by atoms with E-state index in [-0.39, 0.29) is 5.92 Å². The van der Waals surface area contributed by atoms with Gasteiger partial charge in [-0.15, -0.1) is 0 Å². The van der Waals surface area contributed by atoms with Gasteiger partial charge in [0, 0.05) is 18.2 Å². The van der Waals surface area contributed by atoms with Gasteiger partial charge in [0.1, 0.15) is 23.3 Å². The van der Waals surface area contributed by atoms with Crippen LogP contribution in [0.5, 0.6) is 0 Å². The fraction of sp³-hybridized carbons (Fsp3) is 0.385. The molecule has 7 heteroatoms. The van der Waals surface area contributed by atoms with Crippen molar-refractivity contribution in [1.82, 2.24) is 19.9 Å². The van der Waals surface area contributed by atoms with Crippen molar-refractivity contribution >= 4 is 11.6 Å². The normalized spacial score (nSPS) is 10.7. The second kappa shape index (κ2) is 6.25. The van der Waals surface area contributed by atoms with Crippen LogP contribution in [-0.2, 0) is 6.54 Å². The van der Waals surface area contributed by atoms with Crippen LogP contribution in [0.15, 0.2) is 18.3 Å². The third-order valence-electron chi connectivity index (χ3n) is 2.69. The molecule has 2 heterocycles. The molecule has 106 valence electrons. The molecule has 7 nitrogen and oxygen atoms in total. The number of aryl methyl sites for hydroxylation is 1. The molecule has 0 aromatic carbocycles. The molecule has 0 aliphatic rings. The lowest BCUT2D eigenvalue weighted by molar-refractivity contribution is 0.774. The lowest BCUT2D eigenvalue weighted by Crippen LogP contribution is -2.13. The number of hydrogen-bond acceptors (Lipinski definition) is 7. The highest BCUT2D eigenvalue weighted by Gasteiger charge is 2.07. The first-order valence-corrected chi connectivity index (χ1v) is 6.46. The Labute approximate surface area is 118 Å². The van der Waals surface area contributed by atoms with Gasteiger partial charge in [-0.05, 0) is 13.0 Å². The minimum absolute atomic E-state index is 0.227. The molecular weight excluding hydrogens is 254 g/mol. The predicted molar refractivity (Wildman–Crippen MR) is 78.0 cm³/mol. The van der Waals surface area contributed by atoms with Crippen LogP contribution in [0.25, 0.3) is 0 Å². The minimum atomic E-state index is 0.227. The zero-order valence-electron chi connectivity index (χ0n) is 11.9. The molecule has 0 unspecified atom stereocenters. The number of nitrogens with one attached hydrogen (secondary N) is 2. The zero-order valence-corrected chi connectivity index (χ0v) is 11.9. The topological polar surface area (TPSA) is 102 Å². The summed E-state index contributed by atoms with van der Waals surface area (Å²) < 4.78 is 0. The number of anilines is 2. The number of nitrogen functional groups attached to an aromatic ring is 1. The second-order valence-electron chi connectivity index (χ2n) is 4.74. The molecule has 2 aromatic heterocycles. The Balaban J connectivity index is 2.14. The first-order chi connectivity index (χ1) is 9.58. The highest BCUT2D eigenvalue weighted by atomic mass is 15.3. The molecule has 0 atom stereocenters. The van der Waals surface area contributed by atoms with E-state index in [0.717, 1.165) is 17.3 Å². The van der Waals surface area contributed by atoms with Gasteiger partial charge in [0.05, 0.1) is 12.2 Å². The highest BCUT2D eigenvalue weighted by Crippen LogP contribution is 2.16. The molecule has 0 aliphatic heterocycles. The number of nitrogens with two attached hydrogens (primary N) is 1. The summed E-state index contributed by atoms with van der Waals surface area (Å²) in [7, 11) is 0. The van der Waals surface area contributed by atoms with Crippen LogP contribution in [0.4, 0.5) is 11.6 Å². The Bertz CT molecular complexity index is 583. The van der Waals surface area contributed by atoms with Gasteiger partial charge in [0.25, 0.3) is 0 Å². The fourth-order valence-corrected chi connectivity index (χ4v) is 1.67. The quantitative estimate of drug-likeness (QED) is 0.561. The van der Waals surface area contributed by atoms with E-state index < -0.39 is 0 Å². The lowest BCUT2D eigenvalue weighted by atomic mass is 10.2. The Kier molecular flexibility index (Phi) is 4.41. The van der Waals surface area contributed by atoms with E-state index in [1.165, 1.54) is 0 Å². The van der Waals surface area contributed by atoms with E-state index in [4.69, 9.17) is 5.84 Å². The van der Waals surface area contributed by atoms with Gasteiger partial charge in [0.2, 0.25) is 0 Å². The van der Waals surface area contributed by atoms with E-state index >= 15 is 0 Å². The summed E-state index contributed by atoms with van der Waals surface area (Å²) in [5.41, 5.74) is 3.46. The van der Waals surface area contributed by atoms with Crippen molar-refractivity contribution in [3.05, 3.63) is 35.7 Å². The van der Waals surface area contributed by atoms with Crippen LogP contribution in [0, 0.1) is 6.92 Å². The summed E-state index contributed by atoms with van der Waals surface area (Å²) in [6.45, 7) is 6.50. The monoisotopic (exact) mass is 273 g/mol. The number of hydrogen-bond donors (Lipinski definition) is 3. The average molecular weight is 273 g/mol. The van der Waals surface area contributed by atoms with Crippen molar-refractivity contribution in [1.29, 1.82) is 0 Å². The predicted octanol–water partition coefficient (Wildman–Crippen LogP) is 1.60. The van der Waals surface area contributed by atoms with Gasteiger partial charge in [0.15, 0.2) is 0 Å². The van der Waals surface area contributed by atoms with E-state index in [1.807, 2.05) is 26.8 Å². The molecule has 0 saturated carbocycles. The number of nitrogens with zero attached hydrogens (tertiary/aromatic N) is 4. The van der Waals surface area contributed by atoms with Crippen LogP contribution >= 0.6 is 0 Å². The maximum absolute atomic E-state index is 5.43. The highest BCUT2D eigenvalue weighted by molar-refractivity contribution is 5.47.